The van der Waals surface area contributed by atoms with E-state index in [1.807, 2.05) is 18.2 Å². The molecule has 23 heavy (non-hydrogen) atoms. The molecule has 0 bridgehead atoms. The summed E-state index contributed by atoms with van der Waals surface area (Å²) < 4.78 is 11.1. The molecular formula is C20H20O3. The van der Waals surface area contributed by atoms with Crippen LogP contribution in [0.5, 0.6) is 11.5 Å². The lowest BCUT2D eigenvalue weighted by Crippen LogP contribution is -2.36. The molecule has 0 unspecified atom stereocenters. The molecule has 2 atom stereocenters. The molecule has 2 aliphatic rings. The summed E-state index contributed by atoms with van der Waals surface area (Å²) in [6.45, 7) is 2.08. The molecular weight excluding hydrogens is 288 g/mol. The third-order valence-electron chi connectivity index (χ3n) is 5.61. The summed E-state index contributed by atoms with van der Waals surface area (Å²) in [4.78, 5) is 12.8. The topological polar surface area (TPSA) is 35.5 Å². The summed E-state index contributed by atoms with van der Waals surface area (Å²) in [5, 5.41) is 0. The van der Waals surface area contributed by atoms with Gasteiger partial charge >= 0.3 is 0 Å². The Labute approximate surface area is 136 Å². The molecule has 0 amide bonds. The largest absolute Gasteiger partial charge is 0.497 e. The van der Waals surface area contributed by atoms with E-state index in [0.717, 1.165) is 29.0 Å². The molecule has 3 heteroatoms. The molecule has 0 radical (unpaired) electrons. The Bertz CT molecular complexity index is 809. The molecule has 0 aromatic heterocycles. The zero-order valence-electron chi connectivity index (χ0n) is 13.7. The van der Waals surface area contributed by atoms with Gasteiger partial charge in [-0.05, 0) is 36.1 Å². The molecule has 3 nitrogen and oxygen atoms in total. The lowest BCUT2D eigenvalue weighted by atomic mass is 9.63. The van der Waals surface area contributed by atoms with Crippen LogP contribution in [-0.4, -0.2) is 20.0 Å². The van der Waals surface area contributed by atoms with Gasteiger partial charge in [-0.1, -0.05) is 24.3 Å². The van der Waals surface area contributed by atoms with Gasteiger partial charge < -0.3 is 9.47 Å². The highest BCUT2D eigenvalue weighted by atomic mass is 16.5. The number of carbonyl (C=O) groups excluding carboxylic acids is 1. The van der Waals surface area contributed by atoms with Crippen LogP contribution in [0.1, 0.15) is 36.8 Å². The fourth-order valence-electron chi connectivity index (χ4n) is 4.46. The molecule has 0 aliphatic heterocycles. The summed E-state index contributed by atoms with van der Waals surface area (Å²) in [5.74, 6) is 2.03. The summed E-state index contributed by atoms with van der Waals surface area (Å²) >= 11 is 0. The van der Waals surface area contributed by atoms with Crippen molar-refractivity contribution in [1.29, 1.82) is 0 Å². The van der Waals surface area contributed by atoms with Crippen molar-refractivity contribution in [2.24, 2.45) is 0 Å². The molecule has 1 saturated carbocycles. The first-order valence-corrected chi connectivity index (χ1v) is 8.00. The maximum Gasteiger partial charge on any atom is 0.143 e. The second-order valence-electron chi connectivity index (χ2n) is 6.56. The Morgan fingerprint density at radius 2 is 1.87 bits per heavy atom. The molecule has 1 fully saturated rings. The zero-order chi connectivity index (χ0) is 16.2. The van der Waals surface area contributed by atoms with Gasteiger partial charge in [-0.25, -0.2) is 0 Å². The molecule has 2 aromatic rings. The van der Waals surface area contributed by atoms with E-state index in [4.69, 9.17) is 9.47 Å². The minimum absolute atomic E-state index is 0.223. The van der Waals surface area contributed by atoms with Crippen molar-refractivity contribution < 1.29 is 14.3 Å². The van der Waals surface area contributed by atoms with Crippen molar-refractivity contribution in [3.05, 3.63) is 47.5 Å². The molecule has 0 spiro atoms. The normalized spacial score (nSPS) is 24.7. The number of hydrogen-bond donors (Lipinski definition) is 0. The van der Waals surface area contributed by atoms with Crippen molar-refractivity contribution >= 4 is 5.78 Å². The van der Waals surface area contributed by atoms with Gasteiger partial charge in [0.05, 0.1) is 19.6 Å². The number of ether oxygens (including phenoxy) is 2. The average molecular weight is 308 g/mol. The molecule has 0 N–H and O–H groups in total. The number of rotatable bonds is 2. The fraction of sp³-hybridized carbons (Fsp3) is 0.350. The van der Waals surface area contributed by atoms with Gasteiger partial charge in [0.15, 0.2) is 0 Å². The number of fused-ring (bicyclic) bond motifs is 6. The van der Waals surface area contributed by atoms with E-state index in [2.05, 4.69) is 25.1 Å². The van der Waals surface area contributed by atoms with Crippen LogP contribution in [0.25, 0.3) is 11.1 Å². The van der Waals surface area contributed by atoms with Crippen molar-refractivity contribution in [3.63, 3.8) is 0 Å². The van der Waals surface area contributed by atoms with Crippen LogP contribution in [0.3, 0.4) is 0 Å². The maximum atomic E-state index is 12.8. The number of carbonyl (C=O) groups is 1. The average Bonchev–Trinajstić information content (AvgIpc) is 2.90. The SMILES string of the molecule is COc1cc(OC)c2c(c1)-c1ccccc1[C@H]1CCC(=O)[C@]21C. The Morgan fingerprint density at radius 3 is 2.61 bits per heavy atom. The quantitative estimate of drug-likeness (QED) is 0.838. The van der Waals surface area contributed by atoms with Gasteiger partial charge in [0.1, 0.15) is 17.3 Å². The lowest BCUT2D eigenvalue weighted by molar-refractivity contribution is -0.122. The molecule has 4 rings (SSSR count). The van der Waals surface area contributed by atoms with Crippen LogP contribution in [0.15, 0.2) is 36.4 Å². The summed E-state index contributed by atoms with van der Waals surface area (Å²) in [5.41, 5.74) is 4.03. The van der Waals surface area contributed by atoms with Crippen LogP contribution in [0.2, 0.25) is 0 Å². The van der Waals surface area contributed by atoms with Gasteiger partial charge in [-0.15, -0.1) is 0 Å². The van der Waals surface area contributed by atoms with Crippen LogP contribution >= 0.6 is 0 Å². The Balaban J connectivity index is 2.12. The number of benzene rings is 2. The zero-order valence-corrected chi connectivity index (χ0v) is 13.7. The van der Waals surface area contributed by atoms with E-state index in [-0.39, 0.29) is 5.92 Å². The third kappa shape index (κ3) is 1.73. The predicted octanol–water partition coefficient (Wildman–Crippen LogP) is 4.09. The second-order valence-corrected chi connectivity index (χ2v) is 6.56. The van der Waals surface area contributed by atoms with E-state index in [9.17, 15) is 4.79 Å². The van der Waals surface area contributed by atoms with Crippen molar-refractivity contribution in [1.82, 2.24) is 0 Å². The van der Waals surface area contributed by atoms with Crippen LogP contribution in [0.4, 0.5) is 0 Å². The van der Waals surface area contributed by atoms with E-state index in [0.29, 0.717) is 12.2 Å². The van der Waals surface area contributed by atoms with Crippen LogP contribution < -0.4 is 9.47 Å². The maximum absolute atomic E-state index is 12.8. The Kier molecular flexibility index (Phi) is 3.02. The monoisotopic (exact) mass is 308 g/mol. The minimum atomic E-state index is -0.513. The van der Waals surface area contributed by atoms with Crippen molar-refractivity contribution in [2.75, 3.05) is 14.2 Å². The van der Waals surface area contributed by atoms with E-state index in [1.54, 1.807) is 14.2 Å². The smallest absolute Gasteiger partial charge is 0.143 e. The van der Waals surface area contributed by atoms with Crippen molar-refractivity contribution in [3.8, 4) is 22.6 Å². The van der Waals surface area contributed by atoms with Gasteiger partial charge in [-0.3, -0.25) is 4.79 Å². The van der Waals surface area contributed by atoms with Gasteiger partial charge in [-0.2, -0.15) is 0 Å². The summed E-state index contributed by atoms with van der Waals surface area (Å²) in [6, 6.07) is 12.3. The second kappa shape index (κ2) is 4.85. The number of hydrogen-bond acceptors (Lipinski definition) is 3. The highest BCUT2D eigenvalue weighted by Crippen LogP contribution is 2.59. The standard InChI is InChI=1S/C20H20O3/c1-20-16(8-9-18(20)21)14-7-5-4-6-13(14)15-10-12(22-2)11-17(23-3)19(15)20/h4-7,10-11,16H,8-9H2,1-3H3/t16-,20-/m1/s1. The molecule has 2 aliphatic carbocycles. The van der Waals surface area contributed by atoms with E-state index in [1.165, 1.54) is 11.1 Å². The number of methoxy groups -OCH3 is 2. The summed E-state index contributed by atoms with van der Waals surface area (Å²) in [6.07, 6.45) is 1.53. The van der Waals surface area contributed by atoms with Gasteiger partial charge in [0.25, 0.3) is 0 Å². The number of Topliss-reactive ketones (excluding diaryl/α,β-unsaturated/α-hetero) is 1. The highest BCUT2D eigenvalue weighted by Gasteiger charge is 2.53. The van der Waals surface area contributed by atoms with E-state index >= 15 is 0 Å². The van der Waals surface area contributed by atoms with Gasteiger partial charge in [0, 0.05) is 24.0 Å². The highest BCUT2D eigenvalue weighted by molar-refractivity contribution is 5.99. The van der Waals surface area contributed by atoms with Crippen molar-refractivity contribution in [2.45, 2.75) is 31.1 Å². The number of ketones is 1. The van der Waals surface area contributed by atoms with E-state index < -0.39 is 5.41 Å². The van der Waals surface area contributed by atoms with Gasteiger partial charge in [0.2, 0.25) is 0 Å². The predicted molar refractivity (Wildman–Crippen MR) is 89.3 cm³/mol. The van der Waals surface area contributed by atoms with Crippen LogP contribution in [-0.2, 0) is 10.2 Å². The fourth-order valence-corrected chi connectivity index (χ4v) is 4.46. The first-order valence-electron chi connectivity index (χ1n) is 8.00. The molecule has 118 valence electrons. The Morgan fingerprint density at radius 1 is 1.09 bits per heavy atom. The lowest BCUT2D eigenvalue weighted by Gasteiger charge is -2.39. The molecule has 2 aromatic carbocycles. The summed E-state index contributed by atoms with van der Waals surface area (Å²) in [7, 11) is 3.31. The molecule has 0 heterocycles. The first-order chi connectivity index (χ1) is 11.1. The molecule has 0 saturated heterocycles. The van der Waals surface area contributed by atoms with Crippen LogP contribution in [0, 0.1) is 0 Å². The third-order valence-corrected chi connectivity index (χ3v) is 5.61. The minimum Gasteiger partial charge on any atom is -0.497 e. The first kappa shape index (κ1) is 14.3. The Hall–Kier alpha value is -2.29.